The van der Waals surface area contributed by atoms with Gasteiger partial charge in [-0.3, -0.25) is 4.79 Å². The van der Waals surface area contributed by atoms with Gasteiger partial charge in [-0.15, -0.1) is 0 Å². The fraction of sp³-hybridized carbons (Fsp3) is 0.900. The summed E-state index contributed by atoms with van der Waals surface area (Å²) in [7, 11) is 0. The first-order valence-electron chi connectivity index (χ1n) is 4.70. The van der Waals surface area contributed by atoms with Crippen molar-refractivity contribution in [3.05, 3.63) is 0 Å². The highest BCUT2D eigenvalue weighted by molar-refractivity contribution is 5.37. The molecule has 2 heteroatoms. The minimum atomic E-state index is 0.111. The molecule has 2 nitrogen and oxygen atoms in total. The summed E-state index contributed by atoms with van der Waals surface area (Å²) in [6, 6.07) is 0. The summed E-state index contributed by atoms with van der Waals surface area (Å²) >= 11 is 0. The Balaban J connectivity index is 3.75. The van der Waals surface area contributed by atoms with E-state index in [1.807, 2.05) is 6.92 Å². The van der Waals surface area contributed by atoms with Crippen LogP contribution >= 0.6 is 0 Å². The normalized spacial score (nSPS) is 15.8. The quantitative estimate of drug-likeness (QED) is 0.576. The molecule has 0 bridgehead atoms. The van der Waals surface area contributed by atoms with Gasteiger partial charge >= 0.3 is 0 Å². The van der Waals surface area contributed by atoms with Gasteiger partial charge in [-0.2, -0.15) is 0 Å². The van der Waals surface area contributed by atoms with Crippen LogP contribution in [0.5, 0.6) is 0 Å². The fourth-order valence-corrected chi connectivity index (χ4v) is 1.08. The first-order valence-corrected chi connectivity index (χ1v) is 4.70. The average Bonchev–Trinajstić information content (AvgIpc) is 2.03. The summed E-state index contributed by atoms with van der Waals surface area (Å²) < 4.78 is 4.93. The number of ether oxygens (including phenoxy) is 1. The zero-order valence-corrected chi connectivity index (χ0v) is 8.54. The summed E-state index contributed by atoms with van der Waals surface area (Å²) in [4.78, 5) is 10.1. The van der Waals surface area contributed by atoms with Gasteiger partial charge in [0, 0.05) is 0 Å². The van der Waals surface area contributed by atoms with Crippen LogP contribution in [0.3, 0.4) is 0 Å². The molecule has 0 amide bonds. The lowest BCUT2D eigenvalue weighted by atomic mass is 9.91. The molecule has 0 rings (SSSR count). The Kier molecular flexibility index (Phi) is 5.77. The van der Waals surface area contributed by atoms with Crippen molar-refractivity contribution in [2.75, 3.05) is 0 Å². The highest BCUT2D eigenvalue weighted by Gasteiger charge is 2.14. The van der Waals surface area contributed by atoms with Gasteiger partial charge in [-0.25, -0.2) is 0 Å². The third-order valence-corrected chi connectivity index (χ3v) is 2.48. The van der Waals surface area contributed by atoms with Crippen molar-refractivity contribution in [3.63, 3.8) is 0 Å². The van der Waals surface area contributed by atoms with Crippen molar-refractivity contribution in [1.29, 1.82) is 0 Å². The van der Waals surface area contributed by atoms with E-state index in [1.54, 1.807) is 0 Å². The van der Waals surface area contributed by atoms with Gasteiger partial charge in [0.05, 0.1) is 0 Å². The van der Waals surface area contributed by atoms with E-state index in [0.717, 1.165) is 12.8 Å². The van der Waals surface area contributed by atoms with E-state index in [-0.39, 0.29) is 6.10 Å². The molecular formula is C10H20O2. The summed E-state index contributed by atoms with van der Waals surface area (Å²) in [5.41, 5.74) is 0. The lowest BCUT2D eigenvalue weighted by molar-refractivity contribution is -0.134. The molecule has 0 aliphatic rings. The topological polar surface area (TPSA) is 26.3 Å². The number of hydrogen-bond donors (Lipinski definition) is 0. The van der Waals surface area contributed by atoms with Gasteiger partial charge in [0.15, 0.2) is 0 Å². The second kappa shape index (κ2) is 6.04. The number of rotatable bonds is 6. The lowest BCUT2D eigenvalue weighted by Gasteiger charge is -2.20. The Hall–Kier alpha value is -0.530. The van der Waals surface area contributed by atoms with E-state index in [2.05, 4.69) is 20.8 Å². The Morgan fingerprint density at radius 3 is 2.25 bits per heavy atom. The number of hydrogen-bond acceptors (Lipinski definition) is 2. The molecule has 0 aromatic carbocycles. The van der Waals surface area contributed by atoms with E-state index in [0.29, 0.717) is 18.3 Å². The van der Waals surface area contributed by atoms with Gasteiger partial charge < -0.3 is 4.74 Å². The molecule has 0 spiro atoms. The predicted octanol–water partition coefficient (Wildman–Crippen LogP) is 2.62. The van der Waals surface area contributed by atoms with Crippen LogP contribution in [-0.4, -0.2) is 12.6 Å². The first kappa shape index (κ1) is 11.5. The van der Waals surface area contributed by atoms with Crippen LogP contribution in [0.1, 0.15) is 40.5 Å². The van der Waals surface area contributed by atoms with Crippen molar-refractivity contribution in [3.8, 4) is 0 Å². The van der Waals surface area contributed by atoms with Gasteiger partial charge in [-0.05, 0) is 24.7 Å². The molecule has 0 fully saturated rings. The maximum atomic E-state index is 10.1. The summed E-state index contributed by atoms with van der Waals surface area (Å²) in [5.74, 6) is 1.28. The van der Waals surface area contributed by atoms with Crippen molar-refractivity contribution < 1.29 is 9.53 Å². The van der Waals surface area contributed by atoms with Crippen molar-refractivity contribution in [2.24, 2.45) is 11.8 Å². The number of carbonyl (C=O) groups excluding carboxylic acids is 1. The molecule has 0 aliphatic heterocycles. The van der Waals surface area contributed by atoms with Crippen LogP contribution in [0.2, 0.25) is 0 Å². The Labute approximate surface area is 75.3 Å². The van der Waals surface area contributed by atoms with Gasteiger partial charge in [-0.1, -0.05) is 27.7 Å². The molecule has 0 saturated heterocycles. The van der Waals surface area contributed by atoms with Crippen LogP contribution in [0.25, 0.3) is 0 Å². The van der Waals surface area contributed by atoms with E-state index < -0.39 is 0 Å². The maximum Gasteiger partial charge on any atom is 0.293 e. The van der Waals surface area contributed by atoms with E-state index in [4.69, 9.17) is 4.74 Å². The molecule has 0 N–H and O–H groups in total. The van der Waals surface area contributed by atoms with Crippen LogP contribution in [-0.2, 0) is 9.53 Å². The third-order valence-electron chi connectivity index (χ3n) is 2.48. The molecular weight excluding hydrogens is 152 g/mol. The Bertz CT molecular complexity index is 121. The van der Waals surface area contributed by atoms with Crippen molar-refractivity contribution in [2.45, 2.75) is 46.6 Å². The Morgan fingerprint density at radius 1 is 1.33 bits per heavy atom. The van der Waals surface area contributed by atoms with Crippen LogP contribution in [0.15, 0.2) is 0 Å². The smallest absolute Gasteiger partial charge is 0.293 e. The fourth-order valence-electron chi connectivity index (χ4n) is 1.08. The zero-order chi connectivity index (χ0) is 9.56. The van der Waals surface area contributed by atoms with Crippen molar-refractivity contribution in [1.82, 2.24) is 0 Å². The van der Waals surface area contributed by atoms with Gasteiger partial charge in [0.25, 0.3) is 6.47 Å². The largest absolute Gasteiger partial charge is 0.465 e. The molecule has 2 unspecified atom stereocenters. The molecule has 0 aromatic rings. The molecule has 0 heterocycles. The molecule has 2 atom stereocenters. The van der Waals surface area contributed by atoms with E-state index in [1.165, 1.54) is 0 Å². The third kappa shape index (κ3) is 4.37. The minimum Gasteiger partial charge on any atom is -0.465 e. The molecule has 0 aliphatic carbocycles. The highest BCUT2D eigenvalue weighted by Crippen LogP contribution is 2.18. The predicted molar refractivity (Wildman–Crippen MR) is 49.8 cm³/mol. The maximum absolute atomic E-state index is 10.1. The molecule has 0 saturated carbocycles. The summed E-state index contributed by atoms with van der Waals surface area (Å²) in [6.07, 6.45) is 2.00. The van der Waals surface area contributed by atoms with E-state index >= 15 is 0 Å². The molecule has 12 heavy (non-hydrogen) atoms. The van der Waals surface area contributed by atoms with Crippen LogP contribution in [0.4, 0.5) is 0 Å². The first-order chi connectivity index (χ1) is 5.61. The van der Waals surface area contributed by atoms with Crippen LogP contribution in [0, 0.1) is 11.8 Å². The Morgan fingerprint density at radius 2 is 1.92 bits per heavy atom. The van der Waals surface area contributed by atoms with Crippen LogP contribution < -0.4 is 0 Å². The van der Waals surface area contributed by atoms with Crippen molar-refractivity contribution >= 4 is 6.47 Å². The number of carbonyl (C=O) groups is 1. The highest BCUT2D eigenvalue weighted by atomic mass is 16.5. The van der Waals surface area contributed by atoms with Gasteiger partial charge in [0.1, 0.15) is 6.10 Å². The van der Waals surface area contributed by atoms with Gasteiger partial charge in [0.2, 0.25) is 0 Å². The standard InChI is InChI=1S/C10H20O2/c1-5-10(12-7-11)6-9(4)8(2)3/h7-10H,5-6H2,1-4H3. The summed E-state index contributed by atoms with van der Waals surface area (Å²) in [6.45, 7) is 9.18. The minimum absolute atomic E-state index is 0.111. The second-order valence-corrected chi connectivity index (χ2v) is 3.72. The molecule has 0 radical (unpaired) electrons. The molecule has 0 aromatic heterocycles. The molecule has 72 valence electrons. The summed E-state index contributed by atoms with van der Waals surface area (Å²) in [5, 5.41) is 0. The monoisotopic (exact) mass is 172 g/mol. The second-order valence-electron chi connectivity index (χ2n) is 3.72. The average molecular weight is 172 g/mol. The SMILES string of the molecule is CCC(CC(C)C(C)C)OC=O. The lowest BCUT2D eigenvalue weighted by Crippen LogP contribution is -2.17. The zero-order valence-electron chi connectivity index (χ0n) is 8.54. The van der Waals surface area contributed by atoms with E-state index in [9.17, 15) is 4.79 Å².